The van der Waals surface area contributed by atoms with E-state index in [1.165, 1.54) is 0 Å². The lowest BCUT2D eigenvalue weighted by atomic mass is 10.2. The average Bonchev–Trinajstić information content (AvgIpc) is 1.31. The summed E-state index contributed by atoms with van der Waals surface area (Å²) in [5.74, 6) is 0. The van der Waals surface area contributed by atoms with Crippen molar-refractivity contribution in [3.63, 3.8) is 0 Å². The molecule has 0 aromatic heterocycles. The van der Waals surface area contributed by atoms with Crippen molar-refractivity contribution in [1.82, 2.24) is 0 Å². The van der Waals surface area contributed by atoms with Crippen molar-refractivity contribution < 1.29 is 10.2 Å². The van der Waals surface area contributed by atoms with Crippen LogP contribution in [0.4, 0.5) is 0 Å². The molecule has 0 bridgehead atoms. The average molecular weight is 122 g/mol. The molecule has 2 N–H and O–H groups in total. The number of hydrogen-bond donors (Lipinski definition) is 2. The fraction of sp³-hybridized carbons (Fsp3) is 1.00. The summed E-state index contributed by atoms with van der Waals surface area (Å²) in [5, 5.41) is 16.4. The summed E-state index contributed by atoms with van der Waals surface area (Å²) in [6, 6.07) is 0. The van der Waals surface area contributed by atoms with E-state index in [1.807, 2.05) is 0 Å². The van der Waals surface area contributed by atoms with E-state index in [1.54, 1.807) is 13.8 Å². The highest BCUT2D eigenvalue weighted by atomic mass is 31.0. The molecule has 2 nitrogen and oxygen atoms in total. The summed E-state index contributed by atoms with van der Waals surface area (Å²) < 4.78 is 0. The van der Waals surface area contributed by atoms with Crippen molar-refractivity contribution in [3.8, 4) is 0 Å². The molecular weight excluding hydrogens is 111 g/mol. The van der Waals surface area contributed by atoms with Gasteiger partial charge < -0.3 is 10.2 Å². The predicted octanol–water partition coefficient (Wildman–Crippen LogP) is -0.0492. The second kappa shape index (κ2) is 2.08. The number of aliphatic hydroxyl groups is 2. The molecule has 0 aliphatic heterocycles. The summed E-state index contributed by atoms with van der Waals surface area (Å²) in [6.07, 6.45) is -1.24. The fourth-order valence-corrected chi connectivity index (χ4v) is 0. The van der Waals surface area contributed by atoms with Crippen LogP contribution in [0.3, 0.4) is 0 Å². The molecule has 7 heavy (non-hydrogen) atoms. The van der Waals surface area contributed by atoms with Crippen molar-refractivity contribution >= 4 is 9.24 Å². The maximum Gasteiger partial charge on any atom is 0.160 e. The smallest absolute Gasteiger partial charge is 0.160 e. The maximum atomic E-state index is 8.42. The second-order valence-corrected chi connectivity index (χ2v) is 3.68. The first-order valence-electron chi connectivity index (χ1n) is 2.09. The van der Waals surface area contributed by atoms with Crippen LogP contribution in [0, 0.1) is 0 Å². The number of aliphatic hydroxyl groups excluding tert-OH is 1. The first kappa shape index (κ1) is 7.35. The van der Waals surface area contributed by atoms with Crippen molar-refractivity contribution in [2.75, 3.05) is 0 Å². The molecule has 3 heteroatoms. The van der Waals surface area contributed by atoms with Crippen LogP contribution in [0.1, 0.15) is 13.8 Å². The minimum Gasteiger partial charge on any atom is -0.367 e. The molecule has 0 spiro atoms. The molecule has 0 fully saturated rings. The van der Waals surface area contributed by atoms with Crippen LogP contribution in [0.5, 0.6) is 0 Å². The van der Waals surface area contributed by atoms with Gasteiger partial charge in [0.05, 0.1) is 0 Å². The van der Waals surface area contributed by atoms with Crippen LogP contribution in [0.2, 0.25) is 0 Å². The van der Waals surface area contributed by atoms with Crippen LogP contribution >= 0.6 is 9.24 Å². The van der Waals surface area contributed by atoms with E-state index in [-0.39, 0.29) is 0 Å². The Hall–Kier alpha value is 0.350. The molecule has 1 atom stereocenters. The van der Waals surface area contributed by atoms with Gasteiger partial charge in [0.1, 0.15) is 0 Å². The molecule has 0 aliphatic carbocycles. The third-order valence-corrected chi connectivity index (χ3v) is 0.964. The van der Waals surface area contributed by atoms with Crippen molar-refractivity contribution in [3.05, 3.63) is 0 Å². The fourth-order valence-electron chi connectivity index (χ4n) is 0. The highest BCUT2D eigenvalue weighted by Gasteiger charge is 2.18. The Balaban J connectivity index is 3.54. The molecule has 0 amide bonds. The molecule has 0 saturated carbocycles. The van der Waals surface area contributed by atoms with E-state index < -0.39 is 11.4 Å². The van der Waals surface area contributed by atoms with E-state index in [2.05, 4.69) is 9.24 Å². The van der Waals surface area contributed by atoms with E-state index in [0.29, 0.717) is 0 Å². The third kappa shape index (κ3) is 2.98. The summed E-state index contributed by atoms with van der Waals surface area (Å²) in [4.78, 5) is 0. The van der Waals surface area contributed by atoms with Crippen molar-refractivity contribution in [2.24, 2.45) is 0 Å². The zero-order chi connectivity index (χ0) is 6.08. The van der Waals surface area contributed by atoms with Gasteiger partial charge in [-0.15, -0.1) is 9.24 Å². The lowest BCUT2D eigenvalue weighted by molar-refractivity contribution is -0.0609. The molecule has 44 valence electrons. The summed E-state index contributed by atoms with van der Waals surface area (Å²) in [5.41, 5.74) is 0. The summed E-state index contributed by atoms with van der Waals surface area (Å²) in [6.45, 7) is 3.45. The molecule has 0 aromatic rings. The van der Waals surface area contributed by atoms with E-state index in [0.717, 1.165) is 0 Å². The van der Waals surface area contributed by atoms with Gasteiger partial charge >= 0.3 is 0 Å². The largest absolute Gasteiger partial charge is 0.367 e. The first-order chi connectivity index (χ1) is 2.94. The van der Waals surface area contributed by atoms with Gasteiger partial charge in [0.25, 0.3) is 0 Å². The lowest BCUT2D eigenvalue weighted by Crippen LogP contribution is -2.28. The van der Waals surface area contributed by atoms with Gasteiger partial charge in [-0.1, -0.05) is 13.8 Å². The van der Waals surface area contributed by atoms with E-state index >= 15 is 0 Å². The molecule has 0 aliphatic rings. The third-order valence-electron chi connectivity index (χ3n) is 0.665. The molecule has 0 saturated heterocycles. The SMILES string of the molecule is CC(C)(P)C(O)O. The zero-order valence-corrected chi connectivity index (χ0v) is 5.70. The Labute approximate surface area is 45.8 Å². The highest BCUT2D eigenvalue weighted by Crippen LogP contribution is 2.18. The predicted molar refractivity (Wildman–Crippen MR) is 32.0 cm³/mol. The van der Waals surface area contributed by atoms with Gasteiger partial charge in [0.2, 0.25) is 0 Å². The molecule has 0 radical (unpaired) electrons. The standard InChI is InChI=1S/C4H11O2P/c1-4(2,7)3(5)6/h3,5-6H,7H2,1-2H3. The Morgan fingerprint density at radius 3 is 1.57 bits per heavy atom. The molecule has 1 unspecified atom stereocenters. The minimum absolute atomic E-state index is 0.472. The molecule has 0 aromatic carbocycles. The van der Waals surface area contributed by atoms with Crippen LogP contribution in [0.15, 0.2) is 0 Å². The van der Waals surface area contributed by atoms with E-state index in [4.69, 9.17) is 10.2 Å². The monoisotopic (exact) mass is 122 g/mol. The van der Waals surface area contributed by atoms with Crippen LogP contribution in [0.25, 0.3) is 0 Å². The highest BCUT2D eigenvalue weighted by molar-refractivity contribution is 7.18. The van der Waals surface area contributed by atoms with Gasteiger partial charge in [0, 0.05) is 5.16 Å². The van der Waals surface area contributed by atoms with Gasteiger partial charge in [-0.2, -0.15) is 0 Å². The maximum absolute atomic E-state index is 8.42. The van der Waals surface area contributed by atoms with Crippen LogP contribution < -0.4 is 0 Å². The zero-order valence-electron chi connectivity index (χ0n) is 4.55. The first-order valence-corrected chi connectivity index (χ1v) is 2.67. The van der Waals surface area contributed by atoms with E-state index in [9.17, 15) is 0 Å². The Bertz CT molecular complexity index is 55.2. The molecular formula is C4H11O2P. The number of hydrogen-bond acceptors (Lipinski definition) is 2. The normalized spacial score (nSPS) is 12.9. The van der Waals surface area contributed by atoms with Gasteiger partial charge in [-0.05, 0) is 0 Å². The molecule has 0 heterocycles. The lowest BCUT2D eigenvalue weighted by Gasteiger charge is -2.19. The Morgan fingerprint density at radius 2 is 1.57 bits per heavy atom. The summed E-state index contributed by atoms with van der Waals surface area (Å²) in [7, 11) is 2.33. The van der Waals surface area contributed by atoms with Gasteiger partial charge in [-0.25, -0.2) is 0 Å². The van der Waals surface area contributed by atoms with Gasteiger partial charge in [0.15, 0.2) is 6.29 Å². The van der Waals surface area contributed by atoms with Crippen LogP contribution in [-0.4, -0.2) is 21.7 Å². The quantitative estimate of drug-likeness (QED) is 0.378. The second-order valence-electron chi connectivity index (χ2n) is 2.20. The Kier molecular flexibility index (Phi) is 2.18. The minimum atomic E-state index is -1.24. The van der Waals surface area contributed by atoms with Gasteiger partial charge in [-0.3, -0.25) is 0 Å². The van der Waals surface area contributed by atoms with Crippen molar-refractivity contribution in [2.45, 2.75) is 25.3 Å². The van der Waals surface area contributed by atoms with Crippen LogP contribution in [-0.2, 0) is 0 Å². The summed E-state index contributed by atoms with van der Waals surface area (Å²) >= 11 is 0. The number of rotatable bonds is 1. The molecule has 0 rings (SSSR count). The van der Waals surface area contributed by atoms with Crippen molar-refractivity contribution in [1.29, 1.82) is 0 Å². The Morgan fingerprint density at radius 1 is 1.43 bits per heavy atom. The topological polar surface area (TPSA) is 40.5 Å².